The van der Waals surface area contributed by atoms with E-state index < -0.39 is 0 Å². The zero-order valence-corrected chi connectivity index (χ0v) is 10.4. The Morgan fingerprint density at radius 3 is 2.12 bits per heavy atom. The normalized spacial score (nSPS) is 50.2. The fourth-order valence-corrected chi connectivity index (χ4v) is 4.87. The Bertz CT molecular complexity index is 270. The first-order valence-electron chi connectivity index (χ1n) is 6.61. The second-order valence-corrected chi connectivity index (χ2v) is 6.61. The van der Waals surface area contributed by atoms with E-state index in [4.69, 9.17) is 15.5 Å². The molecule has 0 aromatic carbocycles. The van der Waals surface area contributed by atoms with E-state index in [1.165, 1.54) is 19.3 Å². The molecule has 2 atom stereocenters. The molecule has 16 heavy (non-hydrogen) atoms. The minimum absolute atomic E-state index is 0.0566. The maximum absolute atomic E-state index is 6.24. The van der Waals surface area contributed by atoms with Gasteiger partial charge >= 0.3 is 0 Å². The summed E-state index contributed by atoms with van der Waals surface area (Å²) in [5.41, 5.74) is 0.0244. The summed E-state index contributed by atoms with van der Waals surface area (Å²) < 4.78 is 6.24. The molecular weight excluding hydrogens is 202 g/mol. The van der Waals surface area contributed by atoms with E-state index in [0.29, 0.717) is 6.10 Å². The summed E-state index contributed by atoms with van der Waals surface area (Å²) in [5.74, 6) is 7.12. The van der Waals surface area contributed by atoms with E-state index in [0.717, 1.165) is 31.1 Å². The van der Waals surface area contributed by atoms with Crippen molar-refractivity contribution >= 4 is 0 Å². The van der Waals surface area contributed by atoms with Crippen LogP contribution >= 0.6 is 0 Å². The monoisotopic (exact) mass is 225 g/mol. The van der Waals surface area contributed by atoms with E-state index in [9.17, 15) is 0 Å². The molecule has 4 aliphatic carbocycles. The topological polar surface area (TPSA) is 44.5 Å². The van der Waals surface area contributed by atoms with Crippen molar-refractivity contribution in [3.8, 4) is 0 Å². The summed E-state index contributed by atoms with van der Waals surface area (Å²) in [4.78, 5) is 5.38. The number of nitrogens with two attached hydrogens (primary N) is 1. The molecule has 0 amide bonds. The van der Waals surface area contributed by atoms with Crippen molar-refractivity contribution in [3.63, 3.8) is 0 Å². The number of hydrogen-bond donors (Lipinski definition) is 1. The Morgan fingerprint density at radius 2 is 1.62 bits per heavy atom. The van der Waals surface area contributed by atoms with Gasteiger partial charge in [0.2, 0.25) is 0 Å². The molecule has 0 aromatic heterocycles. The minimum atomic E-state index is -0.0566. The summed E-state index contributed by atoms with van der Waals surface area (Å²) in [6, 6.07) is 0. The lowest BCUT2D eigenvalue weighted by atomic mass is 9.52. The number of rotatable bonds is 3. The summed E-state index contributed by atoms with van der Waals surface area (Å²) >= 11 is 0. The molecule has 92 valence electrons. The van der Waals surface area contributed by atoms with Crippen LogP contribution in [0.5, 0.6) is 0 Å². The highest BCUT2D eigenvalue weighted by Crippen LogP contribution is 2.59. The van der Waals surface area contributed by atoms with Gasteiger partial charge < -0.3 is 4.74 Å². The van der Waals surface area contributed by atoms with Crippen molar-refractivity contribution in [1.29, 1.82) is 0 Å². The van der Waals surface area contributed by atoms with Gasteiger partial charge in [-0.3, -0.25) is 4.84 Å². The summed E-state index contributed by atoms with van der Waals surface area (Å²) in [6.45, 7) is 4.27. The molecule has 0 aromatic rings. The first-order chi connectivity index (χ1) is 7.55. The maximum Gasteiger partial charge on any atom is 0.0926 e. The third-order valence-electron chi connectivity index (χ3n) is 4.69. The minimum Gasteiger partial charge on any atom is -0.372 e. The Balaban J connectivity index is 1.86. The predicted molar refractivity (Wildman–Crippen MR) is 61.6 cm³/mol. The van der Waals surface area contributed by atoms with Gasteiger partial charge in [-0.15, -0.1) is 0 Å². The van der Waals surface area contributed by atoms with Gasteiger partial charge in [-0.2, -0.15) is 0 Å². The Morgan fingerprint density at radius 1 is 1.06 bits per heavy atom. The van der Waals surface area contributed by atoms with E-state index in [1.807, 2.05) is 0 Å². The molecule has 4 fully saturated rings. The van der Waals surface area contributed by atoms with Crippen LogP contribution < -0.4 is 5.90 Å². The molecule has 0 spiro atoms. The van der Waals surface area contributed by atoms with Crippen molar-refractivity contribution in [2.45, 2.75) is 69.7 Å². The van der Waals surface area contributed by atoms with Gasteiger partial charge in [0.05, 0.1) is 17.3 Å². The first kappa shape index (κ1) is 11.0. The Labute approximate surface area is 97.6 Å². The highest BCUT2D eigenvalue weighted by atomic mass is 16.6. The van der Waals surface area contributed by atoms with Gasteiger partial charge in [0, 0.05) is 6.42 Å². The zero-order chi connectivity index (χ0) is 11.4. The second-order valence-electron chi connectivity index (χ2n) is 6.61. The van der Waals surface area contributed by atoms with Gasteiger partial charge in [0.1, 0.15) is 0 Å². The van der Waals surface area contributed by atoms with Gasteiger partial charge in [-0.25, -0.2) is 5.90 Å². The molecule has 3 heteroatoms. The SMILES string of the molecule is CC(C)OC12CC3CC(CC(ON)(C3)C1)C2. The van der Waals surface area contributed by atoms with E-state index in [2.05, 4.69) is 13.8 Å². The number of hydrogen-bond acceptors (Lipinski definition) is 3. The molecule has 4 saturated carbocycles. The lowest BCUT2D eigenvalue weighted by molar-refractivity contribution is -0.247. The molecular formula is C13H23NO2. The Kier molecular flexibility index (Phi) is 2.36. The van der Waals surface area contributed by atoms with Crippen LogP contribution in [0, 0.1) is 11.8 Å². The smallest absolute Gasteiger partial charge is 0.0926 e. The molecule has 0 aliphatic heterocycles. The van der Waals surface area contributed by atoms with E-state index in [-0.39, 0.29) is 11.2 Å². The standard InChI is InChI=1S/C13H23NO2/c1-9(2)15-12-4-10-3-11(5-12)7-13(6-10,8-12)16-14/h9-11H,3-8,14H2,1-2H3. The molecule has 0 radical (unpaired) electrons. The lowest BCUT2D eigenvalue weighted by Crippen LogP contribution is -2.62. The van der Waals surface area contributed by atoms with Crippen LogP contribution in [0.15, 0.2) is 0 Å². The van der Waals surface area contributed by atoms with Gasteiger partial charge in [0.25, 0.3) is 0 Å². The van der Waals surface area contributed by atoms with Crippen LogP contribution in [0.25, 0.3) is 0 Å². The largest absolute Gasteiger partial charge is 0.372 e. The summed E-state index contributed by atoms with van der Waals surface area (Å²) in [7, 11) is 0. The first-order valence-corrected chi connectivity index (χ1v) is 6.61. The average Bonchev–Trinajstić information content (AvgIpc) is 2.13. The molecule has 2 N–H and O–H groups in total. The molecule has 0 saturated heterocycles. The van der Waals surface area contributed by atoms with Crippen molar-refractivity contribution in [1.82, 2.24) is 0 Å². The van der Waals surface area contributed by atoms with Crippen LogP contribution in [-0.2, 0) is 9.57 Å². The van der Waals surface area contributed by atoms with Crippen LogP contribution in [0.1, 0.15) is 52.4 Å². The zero-order valence-electron chi connectivity index (χ0n) is 10.4. The fourth-order valence-electron chi connectivity index (χ4n) is 4.87. The highest BCUT2D eigenvalue weighted by molar-refractivity contribution is 5.10. The van der Waals surface area contributed by atoms with Crippen molar-refractivity contribution in [2.75, 3.05) is 0 Å². The summed E-state index contributed by atoms with van der Waals surface area (Å²) in [5, 5.41) is 0. The molecule has 4 bridgehead atoms. The van der Waals surface area contributed by atoms with E-state index in [1.54, 1.807) is 0 Å². The molecule has 4 rings (SSSR count). The van der Waals surface area contributed by atoms with Gasteiger partial charge in [-0.1, -0.05) is 0 Å². The van der Waals surface area contributed by atoms with Crippen LogP contribution in [0.4, 0.5) is 0 Å². The highest BCUT2D eigenvalue weighted by Gasteiger charge is 2.59. The fraction of sp³-hybridized carbons (Fsp3) is 1.00. The molecule has 4 aliphatic rings. The van der Waals surface area contributed by atoms with Crippen molar-refractivity contribution < 1.29 is 9.57 Å². The maximum atomic E-state index is 6.24. The van der Waals surface area contributed by atoms with Gasteiger partial charge in [-0.05, 0) is 57.8 Å². The molecule has 2 unspecified atom stereocenters. The predicted octanol–water partition coefficient (Wildman–Crippen LogP) is 2.39. The second kappa shape index (κ2) is 3.44. The average molecular weight is 225 g/mol. The lowest BCUT2D eigenvalue weighted by Gasteiger charge is -2.60. The van der Waals surface area contributed by atoms with Gasteiger partial charge in [0.15, 0.2) is 0 Å². The third kappa shape index (κ3) is 1.60. The van der Waals surface area contributed by atoms with Crippen molar-refractivity contribution in [2.24, 2.45) is 17.7 Å². The van der Waals surface area contributed by atoms with Crippen molar-refractivity contribution in [3.05, 3.63) is 0 Å². The van der Waals surface area contributed by atoms with Crippen LogP contribution in [0.3, 0.4) is 0 Å². The molecule has 3 nitrogen and oxygen atoms in total. The Hall–Kier alpha value is -0.120. The van der Waals surface area contributed by atoms with Crippen LogP contribution in [-0.4, -0.2) is 17.3 Å². The third-order valence-corrected chi connectivity index (χ3v) is 4.69. The molecule has 0 heterocycles. The summed E-state index contributed by atoms with van der Waals surface area (Å²) in [6.07, 6.45) is 7.47. The number of ether oxygens (including phenoxy) is 1. The van der Waals surface area contributed by atoms with Crippen LogP contribution in [0.2, 0.25) is 0 Å². The quantitative estimate of drug-likeness (QED) is 0.750. The van der Waals surface area contributed by atoms with E-state index >= 15 is 0 Å².